The van der Waals surface area contributed by atoms with Gasteiger partial charge in [-0.25, -0.2) is 4.39 Å². The van der Waals surface area contributed by atoms with E-state index >= 15 is 0 Å². The molecular formula is C13H18FNO3. The summed E-state index contributed by atoms with van der Waals surface area (Å²) in [5.74, 6) is -0.842. The molecule has 0 bridgehead atoms. The van der Waals surface area contributed by atoms with E-state index in [9.17, 15) is 9.18 Å². The van der Waals surface area contributed by atoms with Crippen LogP contribution in [0.25, 0.3) is 0 Å². The number of methoxy groups -OCH3 is 1. The van der Waals surface area contributed by atoms with E-state index in [0.29, 0.717) is 18.6 Å². The van der Waals surface area contributed by atoms with Crippen LogP contribution in [0.1, 0.15) is 22.3 Å². The molecule has 0 radical (unpaired) electrons. The molecule has 1 atom stereocenters. The summed E-state index contributed by atoms with van der Waals surface area (Å²) >= 11 is 0. The molecule has 0 saturated carbocycles. The van der Waals surface area contributed by atoms with E-state index in [1.807, 2.05) is 0 Å². The van der Waals surface area contributed by atoms with Crippen molar-refractivity contribution in [1.29, 1.82) is 0 Å². The molecule has 100 valence electrons. The van der Waals surface area contributed by atoms with Gasteiger partial charge in [-0.05, 0) is 37.1 Å². The first-order valence-corrected chi connectivity index (χ1v) is 5.74. The summed E-state index contributed by atoms with van der Waals surface area (Å²) in [7, 11) is 1.55. The number of hydrogen-bond donors (Lipinski definition) is 2. The second kappa shape index (κ2) is 7.08. The number of aliphatic hydroxyl groups excluding tert-OH is 1. The van der Waals surface area contributed by atoms with E-state index in [2.05, 4.69) is 5.32 Å². The summed E-state index contributed by atoms with van der Waals surface area (Å²) in [6.45, 7) is 1.98. The Balaban J connectivity index is 2.68. The van der Waals surface area contributed by atoms with Crippen LogP contribution in [-0.4, -0.2) is 37.4 Å². The molecule has 0 aromatic heterocycles. The van der Waals surface area contributed by atoms with Crippen molar-refractivity contribution < 1.29 is 19.0 Å². The largest absolute Gasteiger partial charge is 0.394 e. The summed E-state index contributed by atoms with van der Waals surface area (Å²) in [4.78, 5) is 11.9. The number of carbonyl (C=O) groups excluding carboxylic acids is 1. The molecule has 1 amide bonds. The normalized spacial score (nSPS) is 12.2. The zero-order valence-corrected chi connectivity index (χ0v) is 10.6. The van der Waals surface area contributed by atoms with Crippen molar-refractivity contribution in [2.45, 2.75) is 19.4 Å². The third-order valence-electron chi connectivity index (χ3n) is 2.53. The van der Waals surface area contributed by atoms with Gasteiger partial charge in [0.05, 0.1) is 12.6 Å². The van der Waals surface area contributed by atoms with Gasteiger partial charge < -0.3 is 15.2 Å². The Labute approximate surface area is 106 Å². The predicted octanol–water partition coefficient (Wildman–Crippen LogP) is 1.26. The number of aryl methyl sites for hydroxylation is 1. The molecular weight excluding hydrogens is 237 g/mol. The lowest BCUT2D eigenvalue weighted by atomic mass is 10.1. The number of carbonyl (C=O) groups is 1. The molecule has 2 N–H and O–H groups in total. The van der Waals surface area contributed by atoms with Gasteiger partial charge in [-0.2, -0.15) is 0 Å². The van der Waals surface area contributed by atoms with E-state index in [1.54, 1.807) is 20.1 Å². The van der Waals surface area contributed by atoms with Crippen LogP contribution in [-0.2, 0) is 4.74 Å². The van der Waals surface area contributed by atoms with Gasteiger partial charge in [0.25, 0.3) is 5.91 Å². The van der Waals surface area contributed by atoms with Gasteiger partial charge in [-0.15, -0.1) is 0 Å². The smallest absolute Gasteiger partial charge is 0.251 e. The van der Waals surface area contributed by atoms with Crippen molar-refractivity contribution in [3.8, 4) is 0 Å². The Kier molecular flexibility index (Phi) is 5.74. The lowest BCUT2D eigenvalue weighted by molar-refractivity contribution is 0.0894. The van der Waals surface area contributed by atoms with Gasteiger partial charge in [0.1, 0.15) is 5.82 Å². The van der Waals surface area contributed by atoms with Crippen LogP contribution in [0, 0.1) is 12.7 Å². The topological polar surface area (TPSA) is 58.6 Å². The molecule has 0 aliphatic carbocycles. The Morgan fingerprint density at radius 2 is 2.22 bits per heavy atom. The molecule has 1 rings (SSSR count). The molecule has 1 aromatic carbocycles. The van der Waals surface area contributed by atoms with E-state index in [4.69, 9.17) is 9.84 Å². The van der Waals surface area contributed by atoms with Crippen LogP contribution in [0.2, 0.25) is 0 Å². The summed E-state index contributed by atoms with van der Waals surface area (Å²) in [5, 5.41) is 11.7. The van der Waals surface area contributed by atoms with Crippen molar-refractivity contribution in [3.63, 3.8) is 0 Å². The van der Waals surface area contributed by atoms with Crippen molar-refractivity contribution in [3.05, 3.63) is 35.1 Å². The first kappa shape index (κ1) is 14.6. The first-order valence-electron chi connectivity index (χ1n) is 5.74. The molecule has 18 heavy (non-hydrogen) atoms. The van der Waals surface area contributed by atoms with E-state index in [0.717, 1.165) is 0 Å². The number of benzene rings is 1. The van der Waals surface area contributed by atoms with Crippen LogP contribution in [0.15, 0.2) is 18.2 Å². The van der Waals surface area contributed by atoms with E-state index < -0.39 is 11.7 Å². The Hall–Kier alpha value is -1.46. The van der Waals surface area contributed by atoms with Gasteiger partial charge in [0.2, 0.25) is 0 Å². The van der Waals surface area contributed by atoms with Crippen LogP contribution in [0.3, 0.4) is 0 Å². The fraction of sp³-hybridized carbons (Fsp3) is 0.462. The maximum Gasteiger partial charge on any atom is 0.251 e. The average molecular weight is 255 g/mol. The third kappa shape index (κ3) is 4.43. The first-order chi connectivity index (χ1) is 8.56. The number of hydrogen-bond acceptors (Lipinski definition) is 3. The van der Waals surface area contributed by atoms with E-state index in [-0.39, 0.29) is 18.2 Å². The van der Waals surface area contributed by atoms with Gasteiger partial charge in [-0.1, -0.05) is 0 Å². The number of aliphatic hydroxyl groups is 1. The highest BCUT2D eigenvalue weighted by molar-refractivity contribution is 5.94. The maximum atomic E-state index is 13.2. The third-order valence-corrected chi connectivity index (χ3v) is 2.53. The van der Waals surface area contributed by atoms with Crippen molar-refractivity contribution in [2.75, 3.05) is 20.3 Å². The highest BCUT2D eigenvalue weighted by Crippen LogP contribution is 2.08. The van der Waals surface area contributed by atoms with Crippen molar-refractivity contribution in [2.24, 2.45) is 0 Å². The maximum absolute atomic E-state index is 13.2. The van der Waals surface area contributed by atoms with Crippen LogP contribution >= 0.6 is 0 Å². The van der Waals surface area contributed by atoms with Crippen LogP contribution in [0.4, 0.5) is 4.39 Å². The van der Waals surface area contributed by atoms with Gasteiger partial charge in [0, 0.05) is 19.3 Å². The van der Waals surface area contributed by atoms with Gasteiger partial charge >= 0.3 is 0 Å². The standard InChI is InChI=1S/C13H18FNO3/c1-9-5-10(7-11(14)6-9)13(17)15-12(8-16)3-4-18-2/h5-7,12,16H,3-4,8H2,1-2H3,(H,15,17). The molecule has 0 aliphatic rings. The van der Waals surface area contributed by atoms with Gasteiger partial charge in [0.15, 0.2) is 0 Å². The predicted molar refractivity (Wildman–Crippen MR) is 66.0 cm³/mol. The zero-order valence-electron chi connectivity index (χ0n) is 10.6. The fourth-order valence-electron chi connectivity index (χ4n) is 1.61. The molecule has 1 unspecified atom stereocenters. The molecule has 0 saturated heterocycles. The molecule has 0 spiro atoms. The second-order valence-corrected chi connectivity index (χ2v) is 4.15. The highest BCUT2D eigenvalue weighted by atomic mass is 19.1. The molecule has 0 aliphatic heterocycles. The molecule has 0 heterocycles. The molecule has 1 aromatic rings. The Morgan fingerprint density at radius 1 is 1.50 bits per heavy atom. The van der Waals surface area contributed by atoms with E-state index in [1.165, 1.54) is 12.1 Å². The fourth-order valence-corrected chi connectivity index (χ4v) is 1.61. The minimum Gasteiger partial charge on any atom is -0.394 e. The number of amides is 1. The summed E-state index contributed by atoms with van der Waals surface area (Å²) in [6.07, 6.45) is 0.507. The Bertz CT molecular complexity index is 389. The Morgan fingerprint density at radius 3 is 2.78 bits per heavy atom. The lowest BCUT2D eigenvalue weighted by Gasteiger charge is -2.16. The average Bonchev–Trinajstić information content (AvgIpc) is 2.32. The summed E-state index contributed by atoms with van der Waals surface area (Å²) in [5.41, 5.74) is 0.931. The van der Waals surface area contributed by atoms with Gasteiger partial charge in [-0.3, -0.25) is 4.79 Å². The lowest BCUT2D eigenvalue weighted by Crippen LogP contribution is -2.38. The molecule has 5 heteroatoms. The monoisotopic (exact) mass is 255 g/mol. The van der Waals surface area contributed by atoms with Crippen LogP contribution < -0.4 is 5.32 Å². The molecule has 4 nitrogen and oxygen atoms in total. The number of rotatable bonds is 6. The summed E-state index contributed by atoms with van der Waals surface area (Å²) in [6, 6.07) is 3.74. The second-order valence-electron chi connectivity index (χ2n) is 4.15. The SMILES string of the molecule is COCCC(CO)NC(=O)c1cc(C)cc(F)c1. The zero-order chi connectivity index (χ0) is 13.5. The van der Waals surface area contributed by atoms with Crippen LogP contribution in [0.5, 0.6) is 0 Å². The minimum atomic E-state index is -0.447. The van der Waals surface area contributed by atoms with Crippen molar-refractivity contribution >= 4 is 5.91 Å². The highest BCUT2D eigenvalue weighted by Gasteiger charge is 2.13. The van der Waals surface area contributed by atoms with Crippen molar-refractivity contribution in [1.82, 2.24) is 5.32 Å². The number of ether oxygens (including phenoxy) is 1. The quantitative estimate of drug-likeness (QED) is 0.804. The number of nitrogens with one attached hydrogen (secondary N) is 1. The minimum absolute atomic E-state index is 0.177. The molecule has 0 fully saturated rings. The summed E-state index contributed by atoms with van der Waals surface area (Å²) < 4.78 is 18.0. The number of halogens is 1.